The summed E-state index contributed by atoms with van der Waals surface area (Å²) in [4.78, 5) is 10.9. The topological polar surface area (TPSA) is 43.1 Å². The van der Waals surface area contributed by atoms with Gasteiger partial charge in [-0.1, -0.05) is 77.4 Å². The minimum Gasteiger partial charge on any atom is -0.258 e. The first-order chi connectivity index (χ1) is 15.7. The average Bonchev–Trinajstić information content (AvgIpc) is 3.07. The molecule has 166 valence electrons. The molecule has 0 saturated carbocycles. The second-order valence-electron chi connectivity index (χ2n) is 8.82. The van der Waals surface area contributed by atoms with Crippen LogP contribution in [0, 0.1) is 17.0 Å². The van der Waals surface area contributed by atoms with E-state index in [2.05, 4.69) is 57.7 Å². The Labute approximate surface area is 199 Å². The summed E-state index contributed by atoms with van der Waals surface area (Å²) >= 11 is 6.21. The number of nitro benzene ring substituents is 1. The lowest BCUT2D eigenvalue weighted by Crippen LogP contribution is -2.06. The van der Waals surface area contributed by atoms with Gasteiger partial charge in [0.2, 0.25) is 0 Å². The monoisotopic (exact) mass is 455 g/mol. The summed E-state index contributed by atoms with van der Waals surface area (Å²) < 4.78 is 0. The predicted octanol–water partition coefficient (Wildman–Crippen LogP) is 8.42. The van der Waals surface area contributed by atoms with Gasteiger partial charge >= 0.3 is 0 Å². The summed E-state index contributed by atoms with van der Waals surface area (Å²) in [5.41, 5.74) is 11.4. The van der Waals surface area contributed by atoms with Gasteiger partial charge in [0.15, 0.2) is 0 Å². The number of benzene rings is 3. The number of hydrogen-bond acceptors (Lipinski definition) is 2. The number of nitro groups is 1. The predicted molar refractivity (Wildman–Crippen MR) is 137 cm³/mol. The first-order valence-corrected chi connectivity index (χ1v) is 11.3. The first kappa shape index (κ1) is 22.8. The molecule has 0 spiro atoms. The van der Waals surface area contributed by atoms with Crippen LogP contribution in [0.5, 0.6) is 0 Å². The zero-order valence-corrected chi connectivity index (χ0v) is 20.0. The number of rotatable bonds is 5. The molecule has 3 aromatic carbocycles. The van der Waals surface area contributed by atoms with Gasteiger partial charge in [-0.05, 0) is 78.8 Å². The maximum atomic E-state index is 11.3. The Bertz CT molecular complexity index is 1330. The van der Waals surface area contributed by atoms with Crippen LogP contribution in [-0.2, 0) is 0 Å². The summed E-state index contributed by atoms with van der Waals surface area (Å²) in [6.07, 6.45) is 0. The molecule has 0 bridgehead atoms. The van der Waals surface area contributed by atoms with E-state index in [1.54, 1.807) is 12.1 Å². The smallest absolute Gasteiger partial charge is 0.258 e. The lowest BCUT2D eigenvalue weighted by molar-refractivity contribution is -0.384. The van der Waals surface area contributed by atoms with Crippen LogP contribution in [0.4, 0.5) is 5.69 Å². The van der Waals surface area contributed by atoms with E-state index in [9.17, 15) is 10.1 Å². The molecule has 0 fully saturated rings. The van der Waals surface area contributed by atoms with Gasteiger partial charge in [0.25, 0.3) is 5.69 Å². The minimum absolute atomic E-state index is 0.0621. The number of aryl methyl sites for hydroxylation is 1. The van der Waals surface area contributed by atoms with Crippen LogP contribution in [0.1, 0.15) is 54.5 Å². The van der Waals surface area contributed by atoms with Crippen molar-refractivity contribution >= 4 is 22.9 Å². The largest absolute Gasteiger partial charge is 0.269 e. The van der Waals surface area contributed by atoms with E-state index in [-0.39, 0.29) is 16.5 Å². The number of halogens is 1. The van der Waals surface area contributed by atoms with Crippen LogP contribution >= 0.6 is 11.6 Å². The molecular weight excluding hydrogens is 430 g/mol. The van der Waals surface area contributed by atoms with Gasteiger partial charge in [0, 0.05) is 23.1 Å². The molecule has 0 amide bonds. The van der Waals surface area contributed by atoms with Gasteiger partial charge in [0.05, 0.1) is 4.92 Å². The molecule has 0 heterocycles. The number of hydrogen-bond donors (Lipinski definition) is 0. The molecule has 4 rings (SSSR count). The van der Waals surface area contributed by atoms with E-state index >= 15 is 0 Å². The summed E-state index contributed by atoms with van der Waals surface area (Å²) in [6.45, 7) is 12.7. The zero-order valence-electron chi connectivity index (χ0n) is 19.3. The molecular formula is C29H26ClNO2. The molecule has 4 heteroatoms. The summed E-state index contributed by atoms with van der Waals surface area (Å²) in [6, 6.07) is 21.4. The van der Waals surface area contributed by atoms with Gasteiger partial charge in [-0.15, -0.1) is 0 Å². The van der Waals surface area contributed by atoms with Gasteiger partial charge in [-0.25, -0.2) is 0 Å². The van der Waals surface area contributed by atoms with Crippen LogP contribution < -0.4 is 0 Å². The van der Waals surface area contributed by atoms with E-state index in [0.717, 1.165) is 27.8 Å². The van der Waals surface area contributed by atoms with Crippen LogP contribution in [0.3, 0.4) is 0 Å². The van der Waals surface area contributed by atoms with E-state index < -0.39 is 0 Å². The molecule has 0 aliphatic heterocycles. The van der Waals surface area contributed by atoms with Crippen LogP contribution in [0.2, 0.25) is 5.02 Å². The molecule has 3 aromatic rings. The lowest BCUT2D eigenvalue weighted by atomic mass is 9.80. The maximum absolute atomic E-state index is 11.3. The van der Waals surface area contributed by atoms with Crippen molar-refractivity contribution in [2.45, 2.75) is 33.6 Å². The SMILES string of the molecule is C=C(C)C(=C(C)C)C1=C(c2ccc(Cl)cc2)c2ccc(C)cc2C1c1ccc([N+](=O)[O-])cc1. The second-order valence-corrected chi connectivity index (χ2v) is 9.26. The molecule has 1 aliphatic carbocycles. The Kier molecular flexibility index (Phi) is 6.09. The van der Waals surface area contributed by atoms with Crippen molar-refractivity contribution in [1.29, 1.82) is 0 Å². The molecule has 1 aliphatic rings. The number of nitrogens with zero attached hydrogens (tertiary/aromatic N) is 1. The Balaban J connectivity index is 2.09. The van der Waals surface area contributed by atoms with Crippen molar-refractivity contribution in [3.63, 3.8) is 0 Å². The Morgan fingerprint density at radius 2 is 1.61 bits per heavy atom. The summed E-state index contributed by atoms with van der Waals surface area (Å²) in [5.74, 6) is -0.0621. The van der Waals surface area contributed by atoms with Crippen molar-refractivity contribution in [3.05, 3.63) is 139 Å². The number of allylic oxidation sites excluding steroid dienone is 4. The molecule has 1 atom stereocenters. The third-order valence-electron chi connectivity index (χ3n) is 6.11. The zero-order chi connectivity index (χ0) is 23.9. The van der Waals surface area contributed by atoms with E-state index in [4.69, 9.17) is 11.6 Å². The molecule has 33 heavy (non-hydrogen) atoms. The van der Waals surface area contributed by atoms with E-state index in [0.29, 0.717) is 5.02 Å². The van der Waals surface area contributed by atoms with Crippen molar-refractivity contribution in [2.24, 2.45) is 0 Å². The third-order valence-corrected chi connectivity index (χ3v) is 6.36. The minimum atomic E-state index is -0.359. The van der Waals surface area contributed by atoms with Crippen molar-refractivity contribution < 1.29 is 4.92 Å². The number of non-ortho nitro benzene ring substituents is 1. The fourth-order valence-electron chi connectivity index (χ4n) is 4.85. The fraction of sp³-hybridized carbons (Fsp3) is 0.172. The number of fused-ring (bicyclic) bond motifs is 1. The van der Waals surface area contributed by atoms with Crippen molar-refractivity contribution in [2.75, 3.05) is 0 Å². The normalized spacial score (nSPS) is 14.8. The van der Waals surface area contributed by atoms with Crippen LogP contribution in [0.25, 0.3) is 5.57 Å². The van der Waals surface area contributed by atoms with Crippen molar-refractivity contribution in [1.82, 2.24) is 0 Å². The van der Waals surface area contributed by atoms with Gasteiger partial charge < -0.3 is 0 Å². The molecule has 0 saturated heterocycles. The summed E-state index contributed by atoms with van der Waals surface area (Å²) in [5, 5.41) is 12.0. The maximum Gasteiger partial charge on any atom is 0.269 e. The standard InChI is InChI=1S/C29H26ClNO2/c1-17(2)26(18(3)4)29-27(20-7-11-22(30)12-8-20)24-15-6-19(5)16-25(24)28(29)21-9-13-23(14-10-21)31(32)33/h6-16,28H,1H2,2-5H3. The molecule has 1 unspecified atom stereocenters. The van der Waals surface area contributed by atoms with Crippen LogP contribution in [-0.4, -0.2) is 4.92 Å². The highest BCUT2D eigenvalue weighted by atomic mass is 35.5. The highest BCUT2D eigenvalue weighted by molar-refractivity contribution is 6.30. The summed E-state index contributed by atoms with van der Waals surface area (Å²) in [7, 11) is 0. The highest BCUT2D eigenvalue weighted by Crippen LogP contribution is 2.52. The Morgan fingerprint density at radius 3 is 2.15 bits per heavy atom. The molecule has 3 nitrogen and oxygen atoms in total. The van der Waals surface area contributed by atoms with Gasteiger partial charge in [-0.3, -0.25) is 10.1 Å². The third kappa shape index (κ3) is 4.17. The van der Waals surface area contributed by atoms with Crippen molar-refractivity contribution in [3.8, 4) is 0 Å². The highest BCUT2D eigenvalue weighted by Gasteiger charge is 2.35. The van der Waals surface area contributed by atoms with Gasteiger partial charge in [-0.2, -0.15) is 0 Å². The quantitative estimate of drug-likeness (QED) is 0.220. The fourth-order valence-corrected chi connectivity index (χ4v) is 4.98. The molecule has 0 N–H and O–H groups in total. The van der Waals surface area contributed by atoms with Crippen LogP contribution in [0.15, 0.2) is 95.6 Å². The first-order valence-electron chi connectivity index (χ1n) is 10.9. The average molecular weight is 456 g/mol. The molecule has 0 radical (unpaired) electrons. The van der Waals surface area contributed by atoms with Gasteiger partial charge in [0.1, 0.15) is 0 Å². The Hall–Kier alpha value is -3.43. The molecule has 0 aromatic heterocycles. The van der Waals surface area contributed by atoms with E-state index in [1.807, 2.05) is 31.2 Å². The Morgan fingerprint density at radius 1 is 0.970 bits per heavy atom. The lowest BCUT2D eigenvalue weighted by Gasteiger charge is -2.23. The second kappa shape index (κ2) is 8.84. The van der Waals surface area contributed by atoms with E-state index in [1.165, 1.54) is 27.8 Å².